The molecule has 1 heteroatoms. The minimum atomic E-state index is -0.113. The van der Waals surface area contributed by atoms with Gasteiger partial charge >= 0.3 is 0 Å². The van der Waals surface area contributed by atoms with Crippen LogP contribution in [0.3, 0.4) is 0 Å². The van der Waals surface area contributed by atoms with Crippen LogP contribution in [0.5, 0.6) is 0 Å². The van der Waals surface area contributed by atoms with E-state index in [9.17, 15) is 0 Å². The molecule has 2 atom stereocenters. The predicted octanol–water partition coefficient (Wildman–Crippen LogP) is 3.75. The van der Waals surface area contributed by atoms with Crippen molar-refractivity contribution in [3.63, 3.8) is 0 Å². The van der Waals surface area contributed by atoms with Crippen LogP contribution in [-0.2, 0) is 0 Å². The van der Waals surface area contributed by atoms with Gasteiger partial charge in [0.15, 0.2) is 0 Å². The van der Waals surface area contributed by atoms with E-state index in [1.54, 1.807) is 0 Å². The Kier molecular flexibility index (Phi) is 8.53. The largest absolute Gasteiger partial charge is 0.393 e. The molecule has 0 saturated heterocycles. The van der Waals surface area contributed by atoms with Crippen molar-refractivity contribution in [3.05, 3.63) is 0 Å². The normalized spacial score (nSPS) is 15.7. The summed E-state index contributed by atoms with van der Waals surface area (Å²) >= 11 is 0. The van der Waals surface area contributed by atoms with E-state index >= 15 is 0 Å². The first kappa shape index (κ1) is 13.0. The number of hydrogen-bond acceptors (Lipinski definition) is 1. The van der Waals surface area contributed by atoms with Crippen LogP contribution in [0.15, 0.2) is 0 Å². The zero-order chi connectivity index (χ0) is 10.1. The third kappa shape index (κ3) is 9.88. The van der Waals surface area contributed by atoms with Crippen LogP contribution in [0.25, 0.3) is 0 Å². The maximum absolute atomic E-state index is 9.11. The summed E-state index contributed by atoms with van der Waals surface area (Å²) in [5, 5.41) is 9.11. The smallest absolute Gasteiger partial charge is 0.0512 e. The van der Waals surface area contributed by atoms with Gasteiger partial charge in [-0.15, -0.1) is 0 Å². The summed E-state index contributed by atoms with van der Waals surface area (Å²) < 4.78 is 0. The standard InChI is InChI=1S/C12H26O/c1-4-5-6-7-8-11(2)9-10-12(3)13/h11-13H,4-10H2,1-3H3. The Hall–Kier alpha value is -0.0400. The molecule has 0 saturated carbocycles. The Morgan fingerprint density at radius 2 is 1.62 bits per heavy atom. The Balaban J connectivity index is 3.15. The number of aliphatic hydroxyl groups is 1. The van der Waals surface area contributed by atoms with Gasteiger partial charge in [0.25, 0.3) is 0 Å². The van der Waals surface area contributed by atoms with E-state index in [2.05, 4.69) is 13.8 Å². The molecule has 2 unspecified atom stereocenters. The van der Waals surface area contributed by atoms with Gasteiger partial charge in [0.2, 0.25) is 0 Å². The molecule has 0 aliphatic carbocycles. The quantitative estimate of drug-likeness (QED) is 0.572. The molecule has 0 radical (unpaired) electrons. The van der Waals surface area contributed by atoms with Crippen molar-refractivity contribution in [2.24, 2.45) is 5.92 Å². The van der Waals surface area contributed by atoms with Crippen molar-refractivity contribution in [2.75, 3.05) is 0 Å². The van der Waals surface area contributed by atoms with E-state index in [0.717, 1.165) is 12.3 Å². The highest BCUT2D eigenvalue weighted by molar-refractivity contribution is 4.56. The summed E-state index contributed by atoms with van der Waals surface area (Å²) in [5.41, 5.74) is 0. The van der Waals surface area contributed by atoms with Gasteiger partial charge in [-0.1, -0.05) is 46.0 Å². The lowest BCUT2D eigenvalue weighted by Gasteiger charge is -2.11. The maximum atomic E-state index is 9.11. The monoisotopic (exact) mass is 186 g/mol. The molecule has 0 aliphatic heterocycles. The Bertz CT molecular complexity index is 99.3. The molecule has 80 valence electrons. The van der Waals surface area contributed by atoms with Crippen molar-refractivity contribution in [2.45, 2.75) is 71.8 Å². The lowest BCUT2D eigenvalue weighted by molar-refractivity contribution is 0.173. The van der Waals surface area contributed by atoms with Gasteiger partial charge in [-0.2, -0.15) is 0 Å². The minimum Gasteiger partial charge on any atom is -0.393 e. The zero-order valence-electron chi connectivity index (χ0n) is 9.55. The summed E-state index contributed by atoms with van der Waals surface area (Å²) in [5.74, 6) is 0.798. The fourth-order valence-electron chi connectivity index (χ4n) is 1.59. The average molecular weight is 186 g/mol. The molecule has 0 bridgehead atoms. The lowest BCUT2D eigenvalue weighted by Crippen LogP contribution is -2.03. The first-order valence-electron chi connectivity index (χ1n) is 5.84. The SMILES string of the molecule is CCCCCCC(C)CCC(C)O. The Morgan fingerprint density at radius 3 is 2.15 bits per heavy atom. The van der Waals surface area contributed by atoms with E-state index in [1.165, 1.54) is 38.5 Å². The van der Waals surface area contributed by atoms with E-state index in [0.29, 0.717) is 0 Å². The van der Waals surface area contributed by atoms with Crippen molar-refractivity contribution >= 4 is 0 Å². The third-order valence-corrected chi connectivity index (χ3v) is 2.63. The number of unbranched alkanes of at least 4 members (excludes halogenated alkanes) is 3. The topological polar surface area (TPSA) is 20.2 Å². The second kappa shape index (κ2) is 8.55. The van der Waals surface area contributed by atoms with E-state index in [4.69, 9.17) is 5.11 Å². The lowest BCUT2D eigenvalue weighted by atomic mass is 9.97. The fourth-order valence-corrected chi connectivity index (χ4v) is 1.59. The van der Waals surface area contributed by atoms with Crippen molar-refractivity contribution in [3.8, 4) is 0 Å². The van der Waals surface area contributed by atoms with Gasteiger partial charge in [0.1, 0.15) is 0 Å². The second-order valence-electron chi connectivity index (χ2n) is 4.38. The molecule has 0 heterocycles. The van der Waals surface area contributed by atoms with Gasteiger partial charge in [0.05, 0.1) is 6.10 Å². The molecular weight excluding hydrogens is 160 g/mol. The molecule has 0 aromatic carbocycles. The summed E-state index contributed by atoms with van der Waals surface area (Å²) in [4.78, 5) is 0. The second-order valence-corrected chi connectivity index (χ2v) is 4.38. The first-order chi connectivity index (χ1) is 6.16. The summed E-state index contributed by atoms with van der Waals surface area (Å²) in [6.45, 7) is 6.43. The molecule has 0 rings (SSSR count). The van der Waals surface area contributed by atoms with E-state index < -0.39 is 0 Å². The van der Waals surface area contributed by atoms with Crippen LogP contribution in [0.1, 0.15) is 65.7 Å². The highest BCUT2D eigenvalue weighted by Crippen LogP contribution is 2.16. The van der Waals surface area contributed by atoms with Gasteiger partial charge < -0.3 is 5.11 Å². The van der Waals surface area contributed by atoms with Crippen LogP contribution in [-0.4, -0.2) is 11.2 Å². The van der Waals surface area contributed by atoms with Gasteiger partial charge in [-0.05, 0) is 25.7 Å². The van der Waals surface area contributed by atoms with Crippen LogP contribution in [0, 0.1) is 5.92 Å². The number of hydrogen-bond donors (Lipinski definition) is 1. The van der Waals surface area contributed by atoms with Gasteiger partial charge in [-0.3, -0.25) is 0 Å². The number of rotatable bonds is 8. The molecule has 0 amide bonds. The first-order valence-corrected chi connectivity index (χ1v) is 5.84. The summed E-state index contributed by atoms with van der Waals surface area (Å²) in [7, 11) is 0. The molecule has 0 aromatic rings. The summed E-state index contributed by atoms with van der Waals surface area (Å²) in [6, 6.07) is 0. The van der Waals surface area contributed by atoms with Crippen LogP contribution in [0.4, 0.5) is 0 Å². The molecular formula is C12H26O. The van der Waals surface area contributed by atoms with Crippen LogP contribution in [0.2, 0.25) is 0 Å². The van der Waals surface area contributed by atoms with Gasteiger partial charge in [0, 0.05) is 0 Å². The molecule has 0 aromatic heterocycles. The molecule has 0 spiro atoms. The van der Waals surface area contributed by atoms with Gasteiger partial charge in [-0.25, -0.2) is 0 Å². The van der Waals surface area contributed by atoms with E-state index in [-0.39, 0.29) is 6.10 Å². The molecule has 13 heavy (non-hydrogen) atoms. The predicted molar refractivity (Wildman–Crippen MR) is 58.8 cm³/mol. The Morgan fingerprint density at radius 1 is 0.923 bits per heavy atom. The summed E-state index contributed by atoms with van der Waals surface area (Å²) in [6.07, 6.45) is 8.83. The average Bonchev–Trinajstić information content (AvgIpc) is 2.09. The molecule has 0 aliphatic rings. The highest BCUT2D eigenvalue weighted by Gasteiger charge is 2.03. The highest BCUT2D eigenvalue weighted by atomic mass is 16.3. The van der Waals surface area contributed by atoms with Crippen molar-refractivity contribution in [1.29, 1.82) is 0 Å². The number of aliphatic hydroxyl groups excluding tert-OH is 1. The molecule has 1 nitrogen and oxygen atoms in total. The van der Waals surface area contributed by atoms with Crippen LogP contribution >= 0.6 is 0 Å². The maximum Gasteiger partial charge on any atom is 0.0512 e. The molecule has 0 fully saturated rings. The Labute approximate surface area is 83.5 Å². The third-order valence-electron chi connectivity index (χ3n) is 2.63. The van der Waals surface area contributed by atoms with Crippen LogP contribution < -0.4 is 0 Å². The van der Waals surface area contributed by atoms with Crippen molar-refractivity contribution < 1.29 is 5.11 Å². The fraction of sp³-hybridized carbons (Fsp3) is 1.00. The van der Waals surface area contributed by atoms with E-state index in [1.807, 2.05) is 6.92 Å². The van der Waals surface area contributed by atoms with Crippen molar-refractivity contribution in [1.82, 2.24) is 0 Å². The molecule has 1 N–H and O–H groups in total. The zero-order valence-corrected chi connectivity index (χ0v) is 9.55. The minimum absolute atomic E-state index is 0.113.